The number of thiophene rings is 1. The summed E-state index contributed by atoms with van der Waals surface area (Å²) in [6, 6.07) is 7.09. The second kappa shape index (κ2) is 7.40. The Hall–Kier alpha value is -2.25. The number of anilines is 1. The van der Waals surface area contributed by atoms with Crippen LogP contribution in [-0.2, 0) is 11.2 Å². The Kier molecular flexibility index (Phi) is 4.97. The van der Waals surface area contributed by atoms with Gasteiger partial charge in [-0.3, -0.25) is 4.79 Å². The fourth-order valence-electron chi connectivity index (χ4n) is 4.10. The molecule has 142 valence electrons. The number of hydrogen-bond donors (Lipinski definition) is 2. The van der Waals surface area contributed by atoms with Crippen LogP contribution >= 0.6 is 11.3 Å². The van der Waals surface area contributed by atoms with Crippen LogP contribution in [0.15, 0.2) is 24.5 Å². The quantitative estimate of drug-likeness (QED) is 0.707. The van der Waals surface area contributed by atoms with E-state index in [1.54, 1.807) is 17.7 Å². The van der Waals surface area contributed by atoms with Crippen molar-refractivity contribution < 1.29 is 4.79 Å². The first-order valence-corrected chi connectivity index (χ1v) is 10.2. The van der Waals surface area contributed by atoms with E-state index in [0.29, 0.717) is 12.1 Å². The van der Waals surface area contributed by atoms with E-state index < -0.39 is 0 Å². The molecule has 0 unspecified atom stereocenters. The third kappa shape index (κ3) is 3.61. The molecular weight excluding hydrogens is 358 g/mol. The molecule has 0 aliphatic heterocycles. The number of fused-ring (bicyclic) bond motifs is 3. The van der Waals surface area contributed by atoms with E-state index in [1.807, 2.05) is 12.1 Å². The molecule has 2 heterocycles. The molecule has 0 saturated heterocycles. The lowest BCUT2D eigenvalue weighted by Gasteiger charge is -2.33. The summed E-state index contributed by atoms with van der Waals surface area (Å²) in [7, 11) is 4.31. The zero-order chi connectivity index (χ0) is 19.0. The minimum absolute atomic E-state index is 0.228. The second-order valence-corrected chi connectivity index (χ2v) is 8.58. The number of benzene rings is 1. The van der Waals surface area contributed by atoms with Crippen molar-refractivity contribution >= 4 is 43.4 Å². The maximum Gasteiger partial charge on any atom is 0.221 e. The lowest BCUT2D eigenvalue weighted by Crippen LogP contribution is -2.36. The van der Waals surface area contributed by atoms with Crippen LogP contribution in [0.4, 0.5) is 5.82 Å². The van der Waals surface area contributed by atoms with Crippen LogP contribution in [0.5, 0.6) is 0 Å². The van der Waals surface area contributed by atoms with Crippen molar-refractivity contribution in [1.82, 2.24) is 14.9 Å². The highest BCUT2D eigenvalue weighted by Crippen LogP contribution is 2.39. The summed E-state index contributed by atoms with van der Waals surface area (Å²) >= 11 is 1.63. The zero-order valence-electron chi connectivity index (χ0n) is 15.7. The normalized spacial score (nSPS) is 20.4. The third-order valence-corrected chi connectivity index (χ3v) is 6.58. The van der Waals surface area contributed by atoms with Crippen LogP contribution in [0.2, 0.25) is 0 Å². The first-order chi connectivity index (χ1) is 13.0. The van der Waals surface area contributed by atoms with Crippen LogP contribution in [0.3, 0.4) is 0 Å². The fraction of sp³-hybridized carbons (Fsp3) is 0.450. The zero-order valence-corrected chi connectivity index (χ0v) is 16.6. The molecule has 0 spiro atoms. The number of nitrogens with one attached hydrogen (secondary N) is 1. The number of carbonyl (C=O) groups excluding carboxylic acids is 1. The molecule has 2 aromatic heterocycles. The predicted octanol–water partition coefficient (Wildman–Crippen LogP) is 3.16. The third-order valence-electron chi connectivity index (χ3n) is 5.51. The highest BCUT2D eigenvalue weighted by Gasteiger charge is 2.24. The summed E-state index contributed by atoms with van der Waals surface area (Å²) in [5.74, 6) is 0.548. The molecule has 0 atom stereocenters. The van der Waals surface area contributed by atoms with Gasteiger partial charge in [-0.25, -0.2) is 9.97 Å². The Labute approximate surface area is 162 Å². The lowest BCUT2D eigenvalue weighted by molar-refractivity contribution is -0.117. The molecule has 1 aromatic carbocycles. The Morgan fingerprint density at radius 3 is 2.70 bits per heavy atom. The van der Waals surface area contributed by atoms with Crippen LogP contribution in [0.1, 0.15) is 31.2 Å². The van der Waals surface area contributed by atoms with Crippen molar-refractivity contribution in [2.75, 3.05) is 19.4 Å². The molecule has 4 rings (SSSR count). The van der Waals surface area contributed by atoms with E-state index in [1.165, 1.54) is 12.8 Å². The molecule has 1 aliphatic carbocycles. The van der Waals surface area contributed by atoms with E-state index >= 15 is 0 Å². The summed E-state index contributed by atoms with van der Waals surface area (Å²) in [5, 5.41) is 5.74. The minimum Gasteiger partial charge on any atom is -0.369 e. The maximum absolute atomic E-state index is 11.5. The largest absolute Gasteiger partial charge is 0.369 e. The van der Waals surface area contributed by atoms with Gasteiger partial charge in [-0.2, -0.15) is 0 Å². The summed E-state index contributed by atoms with van der Waals surface area (Å²) in [5.41, 5.74) is 6.41. The van der Waals surface area contributed by atoms with Gasteiger partial charge in [-0.05, 0) is 51.4 Å². The van der Waals surface area contributed by atoms with Crippen molar-refractivity contribution in [2.24, 2.45) is 5.73 Å². The number of hydrogen-bond acceptors (Lipinski definition) is 6. The molecule has 7 heteroatoms. The van der Waals surface area contributed by atoms with Crippen molar-refractivity contribution in [2.45, 2.75) is 44.2 Å². The molecule has 1 aliphatic rings. The predicted molar refractivity (Wildman–Crippen MR) is 111 cm³/mol. The average molecular weight is 384 g/mol. The summed E-state index contributed by atoms with van der Waals surface area (Å²) in [4.78, 5) is 23.8. The van der Waals surface area contributed by atoms with Gasteiger partial charge in [0.25, 0.3) is 0 Å². The summed E-state index contributed by atoms with van der Waals surface area (Å²) < 4.78 is 1.11. The van der Waals surface area contributed by atoms with Gasteiger partial charge in [0.1, 0.15) is 17.0 Å². The molecule has 6 nitrogen and oxygen atoms in total. The molecular formula is C20H25N5OS. The Bertz CT molecular complexity index is 975. The second-order valence-electron chi connectivity index (χ2n) is 7.55. The first kappa shape index (κ1) is 18.1. The highest BCUT2D eigenvalue weighted by atomic mass is 32.1. The number of nitrogens with two attached hydrogens (primary N) is 1. The van der Waals surface area contributed by atoms with Crippen LogP contribution in [0, 0.1) is 0 Å². The molecule has 3 N–H and O–H groups in total. The fourth-order valence-corrected chi connectivity index (χ4v) is 5.19. The van der Waals surface area contributed by atoms with Gasteiger partial charge in [0, 0.05) is 22.2 Å². The van der Waals surface area contributed by atoms with Crippen LogP contribution < -0.4 is 11.1 Å². The first-order valence-electron chi connectivity index (χ1n) is 9.39. The van der Waals surface area contributed by atoms with Gasteiger partial charge < -0.3 is 16.0 Å². The molecule has 1 amide bonds. The van der Waals surface area contributed by atoms with Crippen molar-refractivity contribution in [1.29, 1.82) is 0 Å². The van der Waals surface area contributed by atoms with Crippen molar-refractivity contribution in [3.63, 3.8) is 0 Å². The molecule has 0 radical (unpaired) electrons. The van der Waals surface area contributed by atoms with Gasteiger partial charge in [0.15, 0.2) is 0 Å². The van der Waals surface area contributed by atoms with Gasteiger partial charge in [-0.1, -0.05) is 12.1 Å². The number of primary amides is 1. The topological polar surface area (TPSA) is 84.1 Å². The van der Waals surface area contributed by atoms with Crippen LogP contribution in [-0.4, -0.2) is 47.0 Å². The maximum atomic E-state index is 11.5. The molecule has 0 bridgehead atoms. The van der Waals surface area contributed by atoms with Gasteiger partial charge >= 0.3 is 0 Å². The van der Waals surface area contributed by atoms with Crippen LogP contribution in [0.25, 0.3) is 20.3 Å². The smallest absolute Gasteiger partial charge is 0.221 e. The van der Waals surface area contributed by atoms with E-state index in [4.69, 9.17) is 5.73 Å². The lowest BCUT2D eigenvalue weighted by atomic mass is 9.90. The van der Waals surface area contributed by atoms with E-state index in [2.05, 4.69) is 40.3 Å². The van der Waals surface area contributed by atoms with Crippen molar-refractivity contribution in [3.8, 4) is 0 Å². The monoisotopic (exact) mass is 383 g/mol. The van der Waals surface area contributed by atoms with Crippen molar-refractivity contribution in [3.05, 3.63) is 30.1 Å². The number of aromatic nitrogens is 2. The number of nitrogens with zero attached hydrogens (tertiary/aromatic N) is 3. The Morgan fingerprint density at radius 1 is 1.22 bits per heavy atom. The SMILES string of the molecule is CN(C)[C@H]1CC[C@H](Nc2ncnc3sc4cccc(CC(N)=O)c4c23)CC1. The number of rotatable bonds is 5. The summed E-state index contributed by atoms with van der Waals surface area (Å²) in [6.45, 7) is 0. The molecule has 27 heavy (non-hydrogen) atoms. The van der Waals surface area contributed by atoms with Gasteiger partial charge in [0.05, 0.1) is 11.8 Å². The molecule has 3 aromatic rings. The van der Waals surface area contributed by atoms with E-state index in [9.17, 15) is 4.79 Å². The highest BCUT2D eigenvalue weighted by molar-refractivity contribution is 7.25. The van der Waals surface area contributed by atoms with E-state index in [0.717, 1.165) is 44.5 Å². The minimum atomic E-state index is -0.324. The molecule has 1 fully saturated rings. The number of carbonyl (C=O) groups is 1. The average Bonchev–Trinajstić information content (AvgIpc) is 3.02. The van der Waals surface area contributed by atoms with E-state index in [-0.39, 0.29) is 12.3 Å². The molecule has 1 saturated carbocycles. The van der Waals surface area contributed by atoms with Gasteiger partial charge in [0.2, 0.25) is 5.91 Å². The van der Waals surface area contributed by atoms with Gasteiger partial charge in [-0.15, -0.1) is 11.3 Å². The number of amides is 1. The Morgan fingerprint density at radius 2 is 2.00 bits per heavy atom. The standard InChI is InChI=1S/C20H25N5OS/c1-25(2)14-8-6-13(7-9-14)24-19-18-17-12(10-16(21)26)4-3-5-15(17)27-20(18)23-11-22-19/h3-5,11,13-14H,6-10H2,1-2H3,(H2,21,26)(H,22,23,24)/t13-,14-. The Balaban J connectivity index is 1.70. The summed E-state index contributed by atoms with van der Waals surface area (Å²) in [6.07, 6.45) is 6.49.